The molecule has 1 atom stereocenters. The number of fused-ring (bicyclic) bond motifs is 2. The molecule has 2 aliphatic heterocycles. The van der Waals surface area contributed by atoms with Gasteiger partial charge in [-0.2, -0.15) is 0 Å². The molecule has 21 heavy (non-hydrogen) atoms. The van der Waals surface area contributed by atoms with Crippen LogP contribution in [0.1, 0.15) is 29.1 Å². The topological polar surface area (TPSA) is 41.3 Å². The second-order valence-electron chi connectivity index (χ2n) is 6.31. The molecule has 5 heteroatoms. The van der Waals surface area contributed by atoms with E-state index in [1.165, 1.54) is 5.56 Å². The van der Waals surface area contributed by atoms with Crippen molar-refractivity contribution in [2.45, 2.75) is 31.4 Å². The number of hydrogen-bond donors (Lipinski definition) is 1. The number of thiophene rings is 1. The van der Waals surface area contributed by atoms with Crippen molar-refractivity contribution in [3.05, 3.63) is 40.1 Å². The lowest BCUT2D eigenvalue weighted by molar-refractivity contribution is -0.0166. The molecule has 0 aromatic carbocycles. The van der Waals surface area contributed by atoms with Gasteiger partial charge >= 0.3 is 0 Å². The molecule has 1 N–H and O–H groups in total. The Bertz CT molecular complexity index is 597. The van der Waals surface area contributed by atoms with Crippen molar-refractivity contribution < 1.29 is 5.11 Å². The van der Waals surface area contributed by atoms with Gasteiger partial charge < -0.3 is 14.6 Å². The van der Waals surface area contributed by atoms with Crippen LogP contribution < -0.4 is 0 Å². The van der Waals surface area contributed by atoms with E-state index in [0.717, 1.165) is 49.6 Å². The third kappa shape index (κ3) is 1.99. The van der Waals surface area contributed by atoms with E-state index >= 15 is 0 Å². The third-order valence-electron chi connectivity index (χ3n) is 5.08. The number of nitrogens with zero attached hydrogens (tertiary/aromatic N) is 3. The van der Waals surface area contributed by atoms with Gasteiger partial charge in [-0.15, -0.1) is 11.3 Å². The largest absolute Gasteiger partial charge is 0.376 e. The summed E-state index contributed by atoms with van der Waals surface area (Å²) >= 11 is 1.69. The smallest absolute Gasteiger partial charge is 0.159 e. The Morgan fingerprint density at radius 1 is 1.33 bits per heavy atom. The predicted octanol–water partition coefficient (Wildman–Crippen LogP) is 2.08. The quantitative estimate of drug-likeness (QED) is 0.877. The lowest BCUT2D eigenvalue weighted by Gasteiger charge is -2.39. The van der Waals surface area contributed by atoms with Gasteiger partial charge in [0.1, 0.15) is 5.82 Å². The summed E-state index contributed by atoms with van der Waals surface area (Å²) in [5, 5.41) is 13.9. The van der Waals surface area contributed by atoms with E-state index in [2.05, 4.69) is 32.9 Å². The van der Waals surface area contributed by atoms with Gasteiger partial charge in [0.05, 0.1) is 0 Å². The maximum Gasteiger partial charge on any atom is 0.159 e. The van der Waals surface area contributed by atoms with Crippen LogP contribution in [0.4, 0.5) is 0 Å². The van der Waals surface area contributed by atoms with Crippen molar-refractivity contribution in [2.24, 2.45) is 5.92 Å². The third-order valence-corrected chi connectivity index (χ3v) is 6.16. The number of rotatable bonds is 1. The minimum absolute atomic E-state index is 0.255. The van der Waals surface area contributed by atoms with Crippen molar-refractivity contribution in [3.63, 3.8) is 0 Å². The zero-order valence-corrected chi connectivity index (χ0v) is 13.1. The highest BCUT2D eigenvalue weighted by molar-refractivity contribution is 7.10. The Kier molecular flexibility index (Phi) is 3.17. The Morgan fingerprint density at radius 3 is 2.95 bits per heavy atom. The minimum Gasteiger partial charge on any atom is -0.376 e. The van der Waals surface area contributed by atoms with Crippen LogP contribution in [0.5, 0.6) is 0 Å². The Hall–Kier alpha value is -1.17. The van der Waals surface area contributed by atoms with Crippen LogP contribution in [-0.2, 0) is 18.6 Å². The summed E-state index contributed by atoms with van der Waals surface area (Å²) in [5.41, 5.74) is 0.386. The molecule has 0 radical (unpaired) electrons. The van der Waals surface area contributed by atoms with Crippen LogP contribution in [0.25, 0.3) is 0 Å². The Balaban J connectivity index is 1.84. The monoisotopic (exact) mass is 303 g/mol. The van der Waals surface area contributed by atoms with Crippen LogP contribution in [0.15, 0.2) is 23.8 Å². The summed E-state index contributed by atoms with van der Waals surface area (Å²) in [7, 11) is 2.16. The summed E-state index contributed by atoms with van der Waals surface area (Å²) in [6.07, 6.45) is 6.87. The van der Waals surface area contributed by atoms with Gasteiger partial charge in [-0.1, -0.05) is 0 Å². The van der Waals surface area contributed by atoms with E-state index in [9.17, 15) is 5.11 Å². The number of aryl methyl sites for hydroxylation is 2. The molecule has 1 fully saturated rings. The van der Waals surface area contributed by atoms with Gasteiger partial charge in [0.25, 0.3) is 0 Å². The standard InChI is InChI=1S/C16H21N3OS/c1-18-7-3-13(4-8-18)16(20)14-12(5-11-21-14)2-9-19-10-6-17-15(16)19/h5-6,10-11,13,20H,2-4,7-9H2,1H3. The first kappa shape index (κ1) is 13.5. The average Bonchev–Trinajstić information content (AvgIpc) is 3.13. The second-order valence-corrected chi connectivity index (χ2v) is 7.23. The van der Waals surface area contributed by atoms with Gasteiger partial charge in [0.2, 0.25) is 0 Å². The minimum atomic E-state index is -0.912. The molecule has 0 bridgehead atoms. The number of aromatic nitrogens is 2. The fourth-order valence-corrected chi connectivity index (χ4v) is 4.96. The van der Waals surface area contributed by atoms with Crippen LogP contribution in [0.3, 0.4) is 0 Å². The molecular formula is C16H21N3OS. The maximum atomic E-state index is 11.8. The number of likely N-dealkylation sites (tertiary alicyclic amines) is 1. The first-order valence-corrected chi connectivity index (χ1v) is 8.57. The van der Waals surface area contributed by atoms with Gasteiger partial charge in [0, 0.05) is 29.7 Å². The average molecular weight is 303 g/mol. The van der Waals surface area contributed by atoms with Gasteiger partial charge in [-0.25, -0.2) is 4.98 Å². The van der Waals surface area contributed by atoms with Gasteiger partial charge in [-0.3, -0.25) is 0 Å². The van der Waals surface area contributed by atoms with Crippen LogP contribution in [0, 0.1) is 5.92 Å². The van der Waals surface area contributed by atoms with Gasteiger partial charge in [0.15, 0.2) is 5.60 Å². The first-order valence-electron chi connectivity index (χ1n) is 7.69. The fourth-order valence-electron chi connectivity index (χ4n) is 3.83. The van der Waals surface area contributed by atoms with Crippen LogP contribution >= 0.6 is 11.3 Å². The summed E-state index contributed by atoms with van der Waals surface area (Å²) in [6.45, 7) is 3.01. The van der Waals surface area contributed by atoms with E-state index < -0.39 is 5.60 Å². The zero-order valence-electron chi connectivity index (χ0n) is 12.3. The molecule has 112 valence electrons. The molecule has 2 aliphatic rings. The molecular weight excluding hydrogens is 282 g/mol. The number of aliphatic hydroxyl groups is 1. The molecule has 0 aliphatic carbocycles. The molecule has 0 amide bonds. The van der Waals surface area contributed by atoms with E-state index in [4.69, 9.17) is 0 Å². The van der Waals surface area contributed by atoms with Gasteiger partial charge in [-0.05, 0) is 56.4 Å². The van der Waals surface area contributed by atoms with Crippen molar-refractivity contribution in [1.82, 2.24) is 14.5 Å². The zero-order chi connectivity index (χ0) is 14.4. The predicted molar refractivity (Wildman–Crippen MR) is 83.5 cm³/mol. The maximum absolute atomic E-state index is 11.8. The lowest BCUT2D eigenvalue weighted by atomic mass is 9.78. The summed E-state index contributed by atoms with van der Waals surface area (Å²) in [4.78, 5) is 8.02. The molecule has 4 heterocycles. The van der Waals surface area contributed by atoms with E-state index in [1.807, 2.05) is 12.4 Å². The number of imidazole rings is 1. The highest BCUT2D eigenvalue weighted by Gasteiger charge is 2.47. The highest BCUT2D eigenvalue weighted by atomic mass is 32.1. The van der Waals surface area contributed by atoms with Crippen molar-refractivity contribution in [1.29, 1.82) is 0 Å². The molecule has 4 rings (SSSR count). The normalized spacial score (nSPS) is 27.1. The molecule has 1 unspecified atom stereocenters. The molecule has 4 nitrogen and oxygen atoms in total. The number of piperidine rings is 1. The summed E-state index contributed by atoms with van der Waals surface area (Å²) in [6, 6.07) is 2.17. The molecule has 2 aromatic rings. The number of hydrogen-bond acceptors (Lipinski definition) is 4. The fraction of sp³-hybridized carbons (Fsp3) is 0.562. The summed E-state index contributed by atoms with van der Waals surface area (Å²) in [5.74, 6) is 1.10. The van der Waals surface area contributed by atoms with E-state index in [-0.39, 0.29) is 5.92 Å². The SMILES string of the molecule is CN1CCC(C2(O)c3sccc3CCn3ccnc32)CC1. The van der Waals surface area contributed by atoms with Crippen molar-refractivity contribution >= 4 is 11.3 Å². The molecule has 0 saturated carbocycles. The molecule has 0 spiro atoms. The van der Waals surface area contributed by atoms with E-state index in [0.29, 0.717) is 0 Å². The molecule has 1 saturated heterocycles. The Labute approximate surface area is 129 Å². The summed E-state index contributed by atoms with van der Waals surface area (Å²) < 4.78 is 2.14. The lowest BCUT2D eigenvalue weighted by Crippen LogP contribution is -2.44. The second kappa shape index (κ2) is 4.93. The highest BCUT2D eigenvalue weighted by Crippen LogP contribution is 2.46. The first-order chi connectivity index (χ1) is 10.2. The van der Waals surface area contributed by atoms with Crippen LogP contribution in [-0.4, -0.2) is 39.7 Å². The van der Waals surface area contributed by atoms with E-state index in [1.54, 1.807) is 11.3 Å². The van der Waals surface area contributed by atoms with Crippen molar-refractivity contribution in [2.75, 3.05) is 20.1 Å². The van der Waals surface area contributed by atoms with Crippen molar-refractivity contribution in [3.8, 4) is 0 Å². The Morgan fingerprint density at radius 2 is 2.14 bits per heavy atom. The molecule has 2 aromatic heterocycles. The van der Waals surface area contributed by atoms with Crippen LogP contribution in [0.2, 0.25) is 0 Å².